The average molecular weight is 202 g/mol. The molecule has 4 heteroatoms. The molecule has 1 aromatic rings. The summed E-state index contributed by atoms with van der Waals surface area (Å²) in [6, 6.07) is 6.32. The van der Waals surface area contributed by atoms with Crippen molar-refractivity contribution in [3.8, 4) is 5.75 Å². The first-order valence-corrected chi connectivity index (χ1v) is 4.41. The van der Waals surface area contributed by atoms with Gasteiger partial charge in [-0.25, -0.2) is 4.79 Å². The van der Waals surface area contributed by atoms with Crippen molar-refractivity contribution < 1.29 is 34.9 Å². The predicted octanol–water partition coefficient (Wildman–Crippen LogP) is -0.536. The molecule has 1 aromatic carbocycles. The first-order valence-electron chi connectivity index (χ1n) is 4.41. The van der Waals surface area contributed by atoms with E-state index in [1.54, 1.807) is 32.9 Å². The van der Waals surface area contributed by atoms with Gasteiger partial charge in [-0.2, -0.15) is 0 Å². The van der Waals surface area contributed by atoms with Crippen molar-refractivity contribution in [2.24, 2.45) is 0 Å². The van der Waals surface area contributed by atoms with Gasteiger partial charge in [0.05, 0.1) is 0 Å². The second-order valence-corrected chi connectivity index (χ2v) is 4.02. The minimum atomic E-state index is -0.542. The third-order valence-electron chi connectivity index (χ3n) is 1.52. The van der Waals surface area contributed by atoms with Crippen LogP contribution in [-0.4, -0.2) is 16.7 Å². The van der Waals surface area contributed by atoms with Crippen LogP contribution in [0, 0.1) is 0 Å². The van der Waals surface area contributed by atoms with Gasteiger partial charge >= 0.3 is 24.8 Å². The van der Waals surface area contributed by atoms with E-state index in [4.69, 9.17) is 4.74 Å². The molecule has 15 heavy (non-hydrogen) atoms. The smallest absolute Gasteiger partial charge is 1.00 e. The van der Waals surface area contributed by atoms with Crippen LogP contribution in [0.25, 0.3) is 0 Å². The third-order valence-corrected chi connectivity index (χ3v) is 1.52. The molecule has 0 atom stereocenters. The first kappa shape index (κ1) is 14.1. The molecule has 0 aliphatic rings. The van der Waals surface area contributed by atoms with Crippen molar-refractivity contribution in [1.29, 1.82) is 0 Å². The van der Waals surface area contributed by atoms with Crippen LogP contribution in [0.5, 0.6) is 5.75 Å². The maximum Gasteiger partial charge on any atom is 1.00 e. The molecule has 78 valence electrons. The average Bonchev–Trinajstić information content (AvgIpc) is 2.01. The molecule has 0 bridgehead atoms. The monoisotopic (exact) mass is 202 g/mol. The van der Waals surface area contributed by atoms with Crippen molar-refractivity contribution >= 4 is 5.97 Å². The minimum Gasteiger partial charge on any atom is -1.00 e. The van der Waals surface area contributed by atoms with E-state index in [-0.39, 0.29) is 31.6 Å². The van der Waals surface area contributed by atoms with Gasteiger partial charge in [-0.3, -0.25) is 0 Å². The Balaban J connectivity index is 0. The molecule has 0 saturated carbocycles. The minimum absolute atomic E-state index is 0. The van der Waals surface area contributed by atoms with Crippen LogP contribution < -0.4 is 18.9 Å². The molecule has 1 rings (SSSR count). The van der Waals surface area contributed by atoms with Crippen LogP contribution in [0.15, 0.2) is 24.3 Å². The van der Waals surface area contributed by atoms with Gasteiger partial charge in [0.1, 0.15) is 16.9 Å². The Morgan fingerprint density at radius 3 is 2.33 bits per heavy atom. The van der Waals surface area contributed by atoms with E-state index in [0.717, 1.165) is 0 Å². The molecule has 0 fully saturated rings. The number of carbonyl (C=O) groups is 1. The van der Waals surface area contributed by atoms with Gasteiger partial charge in [-0.15, -0.1) is 0 Å². The van der Waals surface area contributed by atoms with Crippen LogP contribution in [-0.2, 0) is 4.74 Å². The quantitative estimate of drug-likeness (QED) is 0.491. The van der Waals surface area contributed by atoms with Crippen molar-refractivity contribution in [1.82, 2.24) is 0 Å². The van der Waals surface area contributed by atoms with E-state index in [1.807, 2.05) is 0 Å². The molecule has 0 aromatic heterocycles. The summed E-state index contributed by atoms with van der Waals surface area (Å²) in [6.45, 7) is 5.35. The Morgan fingerprint density at radius 2 is 1.87 bits per heavy atom. The molecule has 0 aliphatic heterocycles. The summed E-state index contributed by atoms with van der Waals surface area (Å²) in [6.07, 6.45) is 0. The molecular weight excluding hydrogens is 187 g/mol. The SMILES string of the molecule is CC(C)(C)OC(=O)c1ccccc1O.[H-].[Li+]. The van der Waals surface area contributed by atoms with Crippen molar-refractivity contribution in [3.05, 3.63) is 29.8 Å². The Hall–Kier alpha value is -0.913. The normalized spacial score (nSPS) is 10.3. The number of hydrogen-bond acceptors (Lipinski definition) is 3. The number of benzene rings is 1. The predicted molar refractivity (Wildman–Crippen MR) is 54.4 cm³/mol. The number of carbonyl (C=O) groups excluding carboxylic acids is 1. The van der Waals surface area contributed by atoms with Gasteiger partial charge in [-0.05, 0) is 32.9 Å². The summed E-state index contributed by atoms with van der Waals surface area (Å²) in [7, 11) is 0. The van der Waals surface area contributed by atoms with Gasteiger partial charge in [0, 0.05) is 0 Å². The molecule has 0 heterocycles. The maximum absolute atomic E-state index is 11.5. The summed E-state index contributed by atoms with van der Waals surface area (Å²) in [5.41, 5.74) is -0.346. The summed E-state index contributed by atoms with van der Waals surface area (Å²) in [5, 5.41) is 9.38. The van der Waals surface area contributed by atoms with Crippen molar-refractivity contribution in [2.45, 2.75) is 26.4 Å². The van der Waals surface area contributed by atoms with E-state index in [1.165, 1.54) is 12.1 Å². The van der Waals surface area contributed by atoms with E-state index >= 15 is 0 Å². The third kappa shape index (κ3) is 4.42. The number of phenols is 1. The zero-order chi connectivity index (χ0) is 10.8. The molecule has 1 N–H and O–H groups in total. The zero-order valence-corrected chi connectivity index (χ0v) is 9.57. The van der Waals surface area contributed by atoms with Crippen molar-refractivity contribution in [3.63, 3.8) is 0 Å². The second kappa shape index (κ2) is 5.25. The van der Waals surface area contributed by atoms with Crippen LogP contribution in [0.4, 0.5) is 0 Å². The second-order valence-electron chi connectivity index (χ2n) is 4.02. The molecule has 0 unspecified atom stereocenters. The van der Waals surface area contributed by atoms with E-state index in [2.05, 4.69) is 0 Å². The summed E-state index contributed by atoms with van der Waals surface area (Å²) >= 11 is 0. The molecular formula is C11H15LiO3. The molecule has 0 saturated heterocycles. The molecule has 0 amide bonds. The standard InChI is InChI=1S/C11H14O3.Li.H/c1-11(2,3)14-10(13)8-6-4-5-7-9(8)12;;/h4-7,12H,1-3H3;;/q;+1;-1. The fraction of sp³-hybridized carbons (Fsp3) is 0.364. The van der Waals surface area contributed by atoms with Gasteiger partial charge in [0.15, 0.2) is 0 Å². The number of hydrogen-bond donors (Lipinski definition) is 1. The van der Waals surface area contributed by atoms with Gasteiger partial charge in [-0.1, -0.05) is 12.1 Å². The van der Waals surface area contributed by atoms with Crippen LogP contribution in [0.2, 0.25) is 0 Å². The Morgan fingerprint density at radius 1 is 1.33 bits per heavy atom. The van der Waals surface area contributed by atoms with E-state index in [0.29, 0.717) is 0 Å². The van der Waals surface area contributed by atoms with Crippen LogP contribution in [0.1, 0.15) is 32.6 Å². The number of para-hydroxylation sites is 1. The molecule has 0 spiro atoms. The summed E-state index contributed by atoms with van der Waals surface area (Å²) in [5.74, 6) is -0.558. The first-order chi connectivity index (χ1) is 6.40. The zero-order valence-electron chi connectivity index (χ0n) is 10.6. The van der Waals surface area contributed by atoms with E-state index in [9.17, 15) is 9.90 Å². The van der Waals surface area contributed by atoms with Crippen molar-refractivity contribution in [2.75, 3.05) is 0 Å². The van der Waals surface area contributed by atoms with Crippen LogP contribution in [0.3, 0.4) is 0 Å². The Labute approximate surface area is 103 Å². The Bertz CT molecular complexity index is 347. The molecule has 0 aliphatic carbocycles. The van der Waals surface area contributed by atoms with E-state index < -0.39 is 11.6 Å². The van der Waals surface area contributed by atoms with Gasteiger partial charge in [0.25, 0.3) is 0 Å². The summed E-state index contributed by atoms with van der Waals surface area (Å²) in [4.78, 5) is 11.5. The number of aromatic hydroxyl groups is 1. The number of esters is 1. The topological polar surface area (TPSA) is 46.5 Å². The molecule has 0 radical (unpaired) electrons. The number of ether oxygens (including phenoxy) is 1. The Kier molecular flexibility index (Phi) is 4.93. The number of rotatable bonds is 1. The van der Waals surface area contributed by atoms with Gasteiger partial charge in [0.2, 0.25) is 0 Å². The fourth-order valence-electron chi connectivity index (χ4n) is 0.979. The number of phenolic OH excluding ortho intramolecular Hbond substituents is 1. The van der Waals surface area contributed by atoms with Gasteiger partial charge < -0.3 is 11.3 Å². The summed E-state index contributed by atoms with van der Waals surface area (Å²) < 4.78 is 5.11. The largest absolute Gasteiger partial charge is 1.00 e. The molecule has 3 nitrogen and oxygen atoms in total. The van der Waals surface area contributed by atoms with Crippen LogP contribution >= 0.6 is 0 Å². The maximum atomic E-state index is 11.5. The fourth-order valence-corrected chi connectivity index (χ4v) is 0.979.